The van der Waals surface area contributed by atoms with Crippen LogP contribution in [0.1, 0.15) is 64.0 Å². The summed E-state index contributed by atoms with van der Waals surface area (Å²) in [5.74, 6) is 2.58. The van der Waals surface area contributed by atoms with E-state index < -0.39 is 0 Å². The summed E-state index contributed by atoms with van der Waals surface area (Å²) >= 11 is 0. The van der Waals surface area contributed by atoms with E-state index in [0.717, 1.165) is 74.0 Å². The Balaban J connectivity index is 1.89. The molecule has 4 nitrogen and oxygen atoms in total. The third-order valence-electron chi connectivity index (χ3n) is 5.63. The van der Waals surface area contributed by atoms with Crippen LogP contribution >= 0.6 is 0 Å². The van der Waals surface area contributed by atoms with Gasteiger partial charge in [0, 0.05) is 21.9 Å². The molecule has 0 spiro atoms. The normalized spacial score (nSPS) is 16.0. The van der Waals surface area contributed by atoms with Gasteiger partial charge in [-0.25, -0.2) is 0 Å². The van der Waals surface area contributed by atoms with Crippen LogP contribution in [-0.4, -0.2) is 26.8 Å². The maximum Gasteiger partial charge on any atom is 0.189 e. The first-order valence-corrected chi connectivity index (χ1v) is 11.2. The first-order valence-electron chi connectivity index (χ1n) is 11.2. The molecule has 0 saturated carbocycles. The topological polar surface area (TPSA) is 36.9 Å². The van der Waals surface area contributed by atoms with E-state index in [9.17, 15) is 0 Å². The van der Waals surface area contributed by atoms with Crippen LogP contribution in [0, 0.1) is 5.92 Å². The highest BCUT2D eigenvalue weighted by molar-refractivity contribution is 5.96. The van der Waals surface area contributed by atoms with Gasteiger partial charge in [-0.3, -0.25) is 0 Å². The van der Waals surface area contributed by atoms with Crippen molar-refractivity contribution < 1.29 is 18.9 Å². The lowest BCUT2D eigenvalue weighted by atomic mass is 9.82. The van der Waals surface area contributed by atoms with E-state index in [-0.39, 0.29) is 0 Å². The van der Waals surface area contributed by atoms with Crippen LogP contribution in [0.25, 0.3) is 10.8 Å². The number of ether oxygens (including phenoxy) is 4. The average molecular weight is 401 g/mol. The van der Waals surface area contributed by atoms with Crippen LogP contribution in [-0.2, 0) is 22.3 Å². The molecule has 1 aliphatic rings. The molecule has 0 heterocycles. The Morgan fingerprint density at radius 3 is 1.93 bits per heavy atom. The van der Waals surface area contributed by atoms with E-state index in [1.54, 1.807) is 0 Å². The van der Waals surface area contributed by atoms with Crippen LogP contribution in [0.3, 0.4) is 0 Å². The van der Waals surface area contributed by atoms with Crippen molar-refractivity contribution >= 4 is 10.8 Å². The fourth-order valence-corrected chi connectivity index (χ4v) is 3.94. The third kappa shape index (κ3) is 5.64. The lowest BCUT2D eigenvalue weighted by Gasteiger charge is -2.28. The van der Waals surface area contributed by atoms with Crippen molar-refractivity contribution in [3.05, 3.63) is 35.4 Å². The van der Waals surface area contributed by atoms with Crippen LogP contribution < -0.4 is 9.47 Å². The van der Waals surface area contributed by atoms with Gasteiger partial charge in [0.25, 0.3) is 0 Å². The van der Waals surface area contributed by atoms with Crippen molar-refractivity contribution in [3.63, 3.8) is 0 Å². The molecular weight excluding hydrogens is 364 g/mol. The Bertz CT molecular complexity index is 771. The fourth-order valence-electron chi connectivity index (χ4n) is 3.94. The van der Waals surface area contributed by atoms with Crippen LogP contribution in [0.5, 0.6) is 11.5 Å². The molecule has 0 radical (unpaired) electrons. The van der Waals surface area contributed by atoms with Gasteiger partial charge in [0.15, 0.2) is 13.6 Å². The summed E-state index contributed by atoms with van der Waals surface area (Å²) in [5.41, 5.74) is 2.56. The van der Waals surface area contributed by atoms with E-state index in [0.29, 0.717) is 19.5 Å². The lowest BCUT2D eigenvalue weighted by Crippen LogP contribution is -2.17. The minimum Gasteiger partial charge on any atom is -0.467 e. The van der Waals surface area contributed by atoms with Crippen molar-refractivity contribution in [2.24, 2.45) is 5.92 Å². The minimum absolute atomic E-state index is 0.297. The molecule has 4 heteroatoms. The van der Waals surface area contributed by atoms with Crippen molar-refractivity contribution in [3.8, 4) is 11.5 Å². The highest BCUT2D eigenvalue weighted by atomic mass is 16.7. The lowest BCUT2D eigenvalue weighted by molar-refractivity contribution is 0.0119. The molecule has 0 amide bonds. The molecule has 1 aliphatic carbocycles. The van der Waals surface area contributed by atoms with Gasteiger partial charge in [0.2, 0.25) is 0 Å². The highest BCUT2D eigenvalue weighted by Crippen LogP contribution is 2.45. The molecule has 0 bridgehead atoms. The molecule has 2 aromatic rings. The van der Waals surface area contributed by atoms with E-state index in [4.69, 9.17) is 18.9 Å². The number of benzene rings is 2. The molecule has 0 fully saturated rings. The van der Waals surface area contributed by atoms with Gasteiger partial charge in [0.1, 0.15) is 11.5 Å². The van der Waals surface area contributed by atoms with Crippen LogP contribution in [0.15, 0.2) is 24.3 Å². The van der Waals surface area contributed by atoms with Crippen molar-refractivity contribution in [2.75, 3.05) is 26.8 Å². The molecule has 2 aromatic carbocycles. The molecule has 0 saturated heterocycles. The average Bonchev–Trinajstić information content (AvgIpc) is 2.74. The molecule has 29 heavy (non-hydrogen) atoms. The van der Waals surface area contributed by atoms with Crippen molar-refractivity contribution in [1.82, 2.24) is 0 Å². The summed E-state index contributed by atoms with van der Waals surface area (Å²) in [7, 11) is 0. The Labute approximate surface area is 175 Å². The fraction of sp³-hybridized carbons (Fsp3) is 0.600. The smallest absolute Gasteiger partial charge is 0.189 e. The Kier molecular flexibility index (Phi) is 8.63. The van der Waals surface area contributed by atoms with Gasteiger partial charge < -0.3 is 18.9 Å². The monoisotopic (exact) mass is 400 g/mol. The maximum atomic E-state index is 6.22. The van der Waals surface area contributed by atoms with Gasteiger partial charge in [-0.1, -0.05) is 57.9 Å². The molecular formula is C25H36O4. The van der Waals surface area contributed by atoms with Gasteiger partial charge in [-0.2, -0.15) is 0 Å². The third-order valence-corrected chi connectivity index (χ3v) is 5.63. The Morgan fingerprint density at radius 1 is 0.828 bits per heavy atom. The quantitative estimate of drug-likeness (QED) is 0.311. The Hall–Kier alpha value is -1.78. The first kappa shape index (κ1) is 21.9. The zero-order valence-corrected chi connectivity index (χ0v) is 18.3. The van der Waals surface area contributed by atoms with Gasteiger partial charge in [-0.15, -0.1) is 0 Å². The molecule has 0 aliphatic heterocycles. The van der Waals surface area contributed by atoms with Crippen LogP contribution in [0.4, 0.5) is 0 Å². The predicted molar refractivity (Wildman–Crippen MR) is 118 cm³/mol. The summed E-state index contributed by atoms with van der Waals surface area (Å²) in [4.78, 5) is 0. The van der Waals surface area contributed by atoms with E-state index >= 15 is 0 Å². The highest BCUT2D eigenvalue weighted by Gasteiger charge is 2.26. The molecule has 1 unspecified atom stereocenters. The van der Waals surface area contributed by atoms with Gasteiger partial charge in [-0.05, 0) is 38.0 Å². The number of unbranched alkanes of at least 4 members (excludes halogenated alkanes) is 2. The summed E-state index contributed by atoms with van der Waals surface area (Å²) < 4.78 is 23.8. The van der Waals surface area contributed by atoms with Crippen molar-refractivity contribution in [2.45, 2.75) is 65.7 Å². The van der Waals surface area contributed by atoms with Gasteiger partial charge in [0.05, 0.1) is 13.2 Å². The SMILES string of the molecule is CCCCOCOc1c2c(c(OCOCCCC)c3ccccc13)CC(C)CC2. The maximum absolute atomic E-state index is 6.22. The standard InChI is InChI=1S/C25H36O4/c1-4-6-14-26-17-28-24-20-10-8-9-11-21(20)25(29-18-27-15-7-5-2)23-16-19(3)12-13-22(23)24/h8-11,19H,4-7,12-18H2,1-3H3. The van der Waals surface area contributed by atoms with E-state index in [1.807, 2.05) is 0 Å². The number of hydrogen-bond acceptors (Lipinski definition) is 4. The summed E-state index contributed by atoms with van der Waals surface area (Å²) in [5, 5.41) is 2.20. The number of hydrogen-bond donors (Lipinski definition) is 0. The molecule has 3 rings (SSSR count). The summed E-state index contributed by atoms with van der Waals surface area (Å²) in [6.07, 6.45) is 7.57. The second kappa shape index (κ2) is 11.4. The minimum atomic E-state index is 0.297. The largest absolute Gasteiger partial charge is 0.467 e. The molecule has 0 aromatic heterocycles. The van der Waals surface area contributed by atoms with E-state index in [2.05, 4.69) is 45.0 Å². The first-order chi connectivity index (χ1) is 14.3. The summed E-state index contributed by atoms with van der Waals surface area (Å²) in [6.45, 7) is 8.72. The molecule has 0 N–H and O–H groups in total. The number of fused-ring (bicyclic) bond motifs is 2. The zero-order chi connectivity index (χ0) is 20.5. The zero-order valence-electron chi connectivity index (χ0n) is 18.3. The number of rotatable bonds is 12. The Morgan fingerprint density at radius 2 is 1.38 bits per heavy atom. The second-order valence-corrected chi connectivity index (χ2v) is 8.06. The van der Waals surface area contributed by atoms with E-state index in [1.165, 1.54) is 17.5 Å². The predicted octanol–water partition coefficient (Wildman–Crippen LogP) is 6.27. The second-order valence-electron chi connectivity index (χ2n) is 8.06. The van der Waals surface area contributed by atoms with Crippen molar-refractivity contribution in [1.29, 1.82) is 0 Å². The molecule has 160 valence electrons. The van der Waals surface area contributed by atoms with Crippen LogP contribution in [0.2, 0.25) is 0 Å². The summed E-state index contributed by atoms with van der Waals surface area (Å²) in [6, 6.07) is 8.38. The molecule has 1 atom stereocenters. The van der Waals surface area contributed by atoms with Gasteiger partial charge >= 0.3 is 0 Å².